The summed E-state index contributed by atoms with van der Waals surface area (Å²) in [6, 6.07) is 5.70. The number of hydrogen-bond acceptors (Lipinski definition) is 4. The van der Waals surface area contributed by atoms with Crippen LogP contribution < -0.4 is 10.2 Å². The molecule has 1 aliphatic heterocycles. The molecule has 23 heavy (non-hydrogen) atoms. The summed E-state index contributed by atoms with van der Waals surface area (Å²) in [5.41, 5.74) is 1.11. The largest absolute Gasteiger partial charge is 0.495 e. The molecule has 0 saturated carbocycles. The molecule has 1 aliphatic rings. The van der Waals surface area contributed by atoms with E-state index in [1.165, 1.54) is 0 Å². The van der Waals surface area contributed by atoms with Crippen molar-refractivity contribution in [3.8, 4) is 5.75 Å². The molecule has 0 spiro atoms. The molecule has 0 aromatic heterocycles. The van der Waals surface area contributed by atoms with Crippen LogP contribution in [0.25, 0.3) is 0 Å². The van der Waals surface area contributed by atoms with E-state index >= 15 is 0 Å². The zero-order valence-corrected chi connectivity index (χ0v) is 16.7. The predicted octanol–water partition coefficient (Wildman–Crippen LogP) is 2.04. The Morgan fingerprint density at radius 1 is 1.17 bits per heavy atom. The van der Waals surface area contributed by atoms with Gasteiger partial charge >= 0.3 is 7.12 Å². The Balaban J connectivity index is 2.32. The molecule has 0 bridgehead atoms. The van der Waals surface area contributed by atoms with Gasteiger partial charge in [0.05, 0.1) is 22.8 Å². The van der Waals surface area contributed by atoms with Crippen LogP contribution in [0.5, 0.6) is 5.75 Å². The molecule has 1 saturated heterocycles. The molecule has 1 heterocycles. The number of methoxy groups -OCH3 is 1. The molecular weight excluding hydrogens is 328 g/mol. The van der Waals surface area contributed by atoms with Crippen molar-refractivity contribution in [2.75, 3.05) is 7.11 Å². The summed E-state index contributed by atoms with van der Waals surface area (Å²) in [6.07, 6.45) is 0. The topological polar surface area (TPSA) is 36.9 Å². The van der Waals surface area contributed by atoms with Gasteiger partial charge in [0.15, 0.2) is 0 Å². The van der Waals surface area contributed by atoms with Gasteiger partial charge in [0.25, 0.3) is 0 Å². The second-order valence-electron chi connectivity index (χ2n) is 6.84. The van der Waals surface area contributed by atoms with Gasteiger partial charge in [0.1, 0.15) is 13.6 Å². The average molecular weight is 352 g/mol. The van der Waals surface area contributed by atoms with E-state index in [2.05, 4.69) is 18.5 Å². The normalized spacial score (nSPS) is 19.9. The van der Waals surface area contributed by atoms with Gasteiger partial charge in [-0.2, -0.15) is 0 Å². The van der Waals surface area contributed by atoms with Gasteiger partial charge in [-0.05, 0) is 50.9 Å². The van der Waals surface area contributed by atoms with Crippen LogP contribution >= 0.6 is 18.5 Å². The highest BCUT2D eigenvalue weighted by molar-refractivity contribution is 7.43. The maximum atomic E-state index is 6.13. The van der Waals surface area contributed by atoms with E-state index in [1.807, 2.05) is 45.9 Å². The number of rotatable bonds is 5. The van der Waals surface area contributed by atoms with Crippen molar-refractivity contribution in [1.29, 1.82) is 0 Å². The lowest BCUT2D eigenvalue weighted by Gasteiger charge is -2.32. The first-order valence-electron chi connectivity index (χ1n) is 7.48. The average Bonchev–Trinajstić information content (AvgIpc) is 2.56. The maximum absolute atomic E-state index is 6.13. The lowest BCUT2D eigenvalue weighted by molar-refractivity contribution is 0.00578. The molecule has 0 aliphatic carbocycles. The van der Waals surface area contributed by atoms with Crippen LogP contribution in [0, 0.1) is 0 Å². The van der Waals surface area contributed by atoms with E-state index in [-0.39, 0.29) is 11.2 Å². The molecule has 2 rings (SSSR count). The molecule has 2 radical (unpaired) electrons. The van der Waals surface area contributed by atoms with E-state index in [4.69, 9.17) is 26.6 Å². The van der Waals surface area contributed by atoms with E-state index < -0.39 is 12.1 Å². The predicted molar refractivity (Wildman–Crippen MR) is 101 cm³/mol. The van der Waals surface area contributed by atoms with Crippen molar-refractivity contribution in [2.24, 2.45) is 0 Å². The number of benzene rings is 1. The summed E-state index contributed by atoms with van der Waals surface area (Å²) in [5.74, 6) is 0.657. The van der Waals surface area contributed by atoms with Crippen LogP contribution in [0.2, 0.25) is 0 Å². The third-order valence-corrected chi connectivity index (χ3v) is 4.45. The van der Waals surface area contributed by atoms with Gasteiger partial charge in [-0.15, -0.1) is 0 Å². The summed E-state index contributed by atoms with van der Waals surface area (Å²) < 4.78 is 23.2. The van der Waals surface area contributed by atoms with Crippen molar-refractivity contribution in [3.05, 3.63) is 23.8 Å². The highest BCUT2D eigenvalue weighted by Gasteiger charge is 2.52. The summed E-state index contributed by atoms with van der Waals surface area (Å²) in [6.45, 7) is 8.57. The lowest BCUT2D eigenvalue weighted by Crippen LogP contribution is -2.41. The van der Waals surface area contributed by atoms with E-state index in [9.17, 15) is 0 Å². The summed E-state index contributed by atoms with van der Waals surface area (Å²) >= 11 is 0. The molecule has 1 fully saturated rings. The fourth-order valence-corrected chi connectivity index (χ4v) is 2.60. The van der Waals surface area contributed by atoms with Crippen LogP contribution in [0.4, 0.5) is 0 Å². The molecule has 1 aromatic carbocycles. The zero-order valence-electron chi connectivity index (χ0n) is 14.4. The molecular formula is C15H24B2O4P2. The molecule has 1 aromatic rings. The highest BCUT2D eigenvalue weighted by atomic mass is 31.1. The zero-order chi connectivity index (χ0) is 17.5. The maximum Gasteiger partial charge on any atom is 0.495 e. The van der Waals surface area contributed by atoms with Crippen LogP contribution in [-0.2, 0) is 20.7 Å². The third-order valence-electron chi connectivity index (χ3n) is 4.22. The summed E-state index contributed by atoms with van der Waals surface area (Å²) in [7, 11) is 11.9. The first-order valence-corrected chi connectivity index (χ1v) is 8.64. The van der Waals surface area contributed by atoms with Gasteiger partial charge in [0, 0.05) is 7.11 Å². The van der Waals surface area contributed by atoms with Crippen molar-refractivity contribution in [2.45, 2.75) is 50.5 Å². The third kappa shape index (κ3) is 4.50. The van der Waals surface area contributed by atoms with Crippen LogP contribution in [0.1, 0.15) is 33.3 Å². The Kier molecular flexibility index (Phi) is 5.56. The SMILES string of the molecule is [B]C(P)(P)Oc1ccc(B2OC(C)(C)C(C)(C)O2)c(COC)c1. The first-order chi connectivity index (χ1) is 10.5. The molecule has 0 amide bonds. The Hall–Kier alpha value is -0.110. The summed E-state index contributed by atoms with van der Waals surface area (Å²) in [4.78, 5) is -0.907. The van der Waals surface area contributed by atoms with Gasteiger partial charge in [-0.25, -0.2) is 0 Å². The van der Waals surface area contributed by atoms with Crippen molar-refractivity contribution < 1.29 is 18.8 Å². The molecule has 8 heteroatoms. The van der Waals surface area contributed by atoms with Gasteiger partial charge in [-0.1, -0.05) is 24.5 Å². The van der Waals surface area contributed by atoms with Crippen molar-refractivity contribution >= 4 is 38.9 Å². The fourth-order valence-electron chi connectivity index (χ4n) is 2.33. The second-order valence-corrected chi connectivity index (χ2v) is 9.31. The molecule has 124 valence electrons. The number of ether oxygens (including phenoxy) is 2. The Bertz CT molecular complexity index is 557. The minimum absolute atomic E-state index is 0.385. The van der Waals surface area contributed by atoms with E-state index in [0.29, 0.717) is 12.4 Å². The van der Waals surface area contributed by atoms with Gasteiger partial charge < -0.3 is 18.8 Å². The molecule has 2 atom stereocenters. The van der Waals surface area contributed by atoms with Crippen LogP contribution in [0.15, 0.2) is 18.2 Å². The monoisotopic (exact) mass is 352 g/mol. The Morgan fingerprint density at radius 2 is 1.74 bits per heavy atom. The molecule has 0 N–H and O–H groups in total. The van der Waals surface area contributed by atoms with E-state index in [1.54, 1.807) is 7.11 Å². The van der Waals surface area contributed by atoms with Gasteiger partial charge in [0.2, 0.25) is 0 Å². The minimum Gasteiger partial charge on any atom is -0.490 e. The molecule has 2 unspecified atom stereocenters. The second kappa shape index (κ2) is 6.65. The van der Waals surface area contributed by atoms with E-state index in [0.717, 1.165) is 11.0 Å². The Morgan fingerprint density at radius 3 is 2.22 bits per heavy atom. The summed E-state index contributed by atoms with van der Waals surface area (Å²) in [5, 5.41) is 0. The quantitative estimate of drug-likeness (QED) is 0.601. The lowest BCUT2D eigenvalue weighted by atomic mass is 9.76. The highest BCUT2D eigenvalue weighted by Crippen LogP contribution is 2.37. The standard InChI is InChI=1S/C15H24B2O4P2/c1-13(2)14(3,4)21-17(20-13)12-7-6-11(19-15(16,22)23)8-10(12)9-18-5/h6-8H,9,22-23H2,1-5H3. The van der Waals surface area contributed by atoms with Crippen LogP contribution in [0.3, 0.4) is 0 Å². The fraction of sp³-hybridized carbons (Fsp3) is 0.600. The van der Waals surface area contributed by atoms with Gasteiger partial charge in [-0.3, -0.25) is 0 Å². The van der Waals surface area contributed by atoms with Crippen molar-refractivity contribution in [3.63, 3.8) is 0 Å². The Labute approximate surface area is 145 Å². The molecule has 4 nitrogen and oxygen atoms in total. The number of hydrogen-bond donors (Lipinski definition) is 0. The van der Waals surface area contributed by atoms with Crippen LogP contribution in [-0.4, -0.2) is 38.3 Å². The minimum atomic E-state index is -0.907. The van der Waals surface area contributed by atoms with Crippen molar-refractivity contribution in [1.82, 2.24) is 0 Å². The smallest absolute Gasteiger partial charge is 0.490 e. The first kappa shape index (κ1) is 19.2.